The zero-order valence-corrected chi connectivity index (χ0v) is 8.44. The monoisotopic (exact) mass is 178 g/mol. The van der Waals surface area contributed by atoms with Crippen molar-refractivity contribution in [2.45, 2.75) is 26.4 Å². The first kappa shape index (κ1) is 7.28. The van der Waals surface area contributed by atoms with E-state index in [1.54, 1.807) is 6.42 Å². The summed E-state index contributed by atoms with van der Waals surface area (Å²) < 4.78 is 5.73. The van der Waals surface area contributed by atoms with E-state index in [1.807, 2.05) is 0 Å². The predicted octanol–water partition coefficient (Wildman–Crippen LogP) is 2.17. The summed E-state index contributed by atoms with van der Waals surface area (Å²) >= 11 is 0. The number of ether oxygens (including phenoxy) is 1. The molecular formula is C12H18O. The van der Waals surface area contributed by atoms with Gasteiger partial charge in [0, 0.05) is 6.61 Å². The Kier molecular flexibility index (Phi) is 1.11. The van der Waals surface area contributed by atoms with Crippen LogP contribution < -0.4 is 0 Å². The average Bonchev–Trinajstić information content (AvgIpc) is 2.98. The van der Waals surface area contributed by atoms with Gasteiger partial charge in [-0.2, -0.15) is 0 Å². The molecule has 5 rings (SSSR count). The fraction of sp³-hybridized carbons (Fsp3) is 1.00. The largest absolute Gasteiger partial charge is 0.378 e. The standard InChI is InChI=1S/C12H18O/c1-3-13-5(2)8-6-4-7-10-11(7)12(10)9(6)8/h5-12H,3-4H2,1-2H3. The Morgan fingerprint density at radius 1 is 1.15 bits per heavy atom. The van der Waals surface area contributed by atoms with Crippen LogP contribution in [-0.2, 0) is 4.74 Å². The van der Waals surface area contributed by atoms with Gasteiger partial charge < -0.3 is 4.74 Å². The van der Waals surface area contributed by atoms with Crippen LogP contribution in [0.2, 0.25) is 0 Å². The molecule has 0 aromatic carbocycles. The molecule has 6 atom stereocenters. The van der Waals surface area contributed by atoms with Gasteiger partial charge in [0.1, 0.15) is 0 Å². The van der Waals surface area contributed by atoms with Crippen LogP contribution in [0.3, 0.4) is 0 Å². The second kappa shape index (κ2) is 1.98. The Balaban J connectivity index is 1.47. The Morgan fingerprint density at radius 3 is 2.54 bits per heavy atom. The van der Waals surface area contributed by atoms with Crippen molar-refractivity contribution in [3.63, 3.8) is 0 Å². The predicted molar refractivity (Wildman–Crippen MR) is 50.1 cm³/mol. The van der Waals surface area contributed by atoms with E-state index >= 15 is 0 Å². The van der Waals surface area contributed by atoms with E-state index in [0.29, 0.717) is 6.10 Å². The highest BCUT2D eigenvalue weighted by Crippen LogP contribution is 2.88. The summed E-state index contributed by atoms with van der Waals surface area (Å²) in [5, 5.41) is 0. The van der Waals surface area contributed by atoms with E-state index in [9.17, 15) is 0 Å². The average molecular weight is 178 g/mol. The van der Waals surface area contributed by atoms with Crippen molar-refractivity contribution in [2.24, 2.45) is 41.4 Å². The summed E-state index contributed by atoms with van der Waals surface area (Å²) in [6, 6.07) is 0. The van der Waals surface area contributed by atoms with Crippen LogP contribution in [-0.4, -0.2) is 12.7 Å². The van der Waals surface area contributed by atoms with Gasteiger partial charge in [-0.25, -0.2) is 0 Å². The van der Waals surface area contributed by atoms with E-state index in [2.05, 4.69) is 13.8 Å². The minimum atomic E-state index is 0.554. The van der Waals surface area contributed by atoms with Gasteiger partial charge in [0.25, 0.3) is 0 Å². The highest BCUT2D eigenvalue weighted by molar-refractivity contribution is 5.31. The highest BCUT2D eigenvalue weighted by atomic mass is 16.5. The Hall–Kier alpha value is -0.0400. The van der Waals surface area contributed by atoms with Crippen LogP contribution in [0.5, 0.6) is 0 Å². The highest BCUT2D eigenvalue weighted by Gasteiger charge is 2.84. The van der Waals surface area contributed by atoms with Crippen LogP contribution in [0, 0.1) is 41.4 Å². The summed E-state index contributed by atoms with van der Waals surface area (Å²) in [7, 11) is 0. The molecule has 0 saturated heterocycles. The number of rotatable bonds is 3. The topological polar surface area (TPSA) is 9.23 Å². The molecule has 13 heavy (non-hydrogen) atoms. The first-order valence-corrected chi connectivity index (χ1v) is 5.96. The molecule has 1 nitrogen and oxygen atoms in total. The second-order valence-corrected chi connectivity index (χ2v) is 5.61. The molecule has 5 fully saturated rings. The molecule has 0 aliphatic heterocycles. The Bertz CT molecular complexity index is 245. The number of hydrogen-bond donors (Lipinski definition) is 0. The molecule has 0 aromatic rings. The molecule has 5 aliphatic rings. The van der Waals surface area contributed by atoms with Crippen molar-refractivity contribution in [2.75, 3.05) is 6.61 Å². The van der Waals surface area contributed by atoms with Gasteiger partial charge in [-0.1, -0.05) is 0 Å². The molecule has 0 radical (unpaired) electrons. The summed E-state index contributed by atoms with van der Waals surface area (Å²) in [5.41, 5.74) is 0. The van der Waals surface area contributed by atoms with Crippen molar-refractivity contribution in [3.8, 4) is 0 Å². The summed E-state index contributed by atoms with van der Waals surface area (Å²) in [4.78, 5) is 0. The molecule has 72 valence electrons. The van der Waals surface area contributed by atoms with E-state index in [0.717, 1.165) is 24.4 Å². The van der Waals surface area contributed by atoms with E-state index in [-0.39, 0.29) is 0 Å². The summed E-state index contributed by atoms with van der Waals surface area (Å²) in [6.07, 6.45) is 2.12. The minimum absolute atomic E-state index is 0.554. The van der Waals surface area contributed by atoms with Gasteiger partial charge in [-0.05, 0) is 61.7 Å². The SMILES string of the molecule is CCOC(C)C1C2CC3C4C3C4C21. The molecule has 5 saturated carbocycles. The normalized spacial score (nSPS) is 66.5. The van der Waals surface area contributed by atoms with Crippen molar-refractivity contribution in [1.82, 2.24) is 0 Å². The maximum atomic E-state index is 5.73. The Labute approximate surface area is 79.8 Å². The molecule has 0 N–H and O–H groups in total. The quantitative estimate of drug-likeness (QED) is 0.643. The lowest BCUT2D eigenvalue weighted by molar-refractivity contribution is 0.0536. The maximum Gasteiger partial charge on any atom is 0.0580 e. The lowest BCUT2D eigenvalue weighted by Crippen LogP contribution is -2.13. The fourth-order valence-corrected chi connectivity index (χ4v) is 4.70. The number of hydrogen-bond acceptors (Lipinski definition) is 1. The van der Waals surface area contributed by atoms with Crippen molar-refractivity contribution in [3.05, 3.63) is 0 Å². The molecule has 1 heteroatoms. The lowest BCUT2D eigenvalue weighted by atomic mass is 9.89. The van der Waals surface area contributed by atoms with Crippen LogP contribution in [0.25, 0.3) is 0 Å². The molecule has 2 bridgehead atoms. The fourth-order valence-electron chi connectivity index (χ4n) is 4.70. The minimum Gasteiger partial charge on any atom is -0.378 e. The summed E-state index contributed by atoms with van der Waals surface area (Å²) in [6.45, 7) is 5.31. The Morgan fingerprint density at radius 2 is 1.92 bits per heavy atom. The summed E-state index contributed by atoms with van der Waals surface area (Å²) in [5.74, 6) is 8.00. The first-order chi connectivity index (χ1) is 6.34. The molecule has 0 amide bonds. The van der Waals surface area contributed by atoms with E-state index < -0.39 is 0 Å². The molecule has 0 aromatic heterocycles. The van der Waals surface area contributed by atoms with Crippen molar-refractivity contribution in [1.29, 1.82) is 0 Å². The third-order valence-corrected chi connectivity index (χ3v) is 5.29. The maximum absolute atomic E-state index is 5.73. The smallest absolute Gasteiger partial charge is 0.0580 e. The zero-order chi connectivity index (χ0) is 8.74. The third-order valence-electron chi connectivity index (χ3n) is 5.29. The lowest BCUT2D eigenvalue weighted by Gasteiger charge is -2.16. The second-order valence-electron chi connectivity index (χ2n) is 5.61. The van der Waals surface area contributed by atoms with Gasteiger partial charge in [-0.15, -0.1) is 0 Å². The van der Waals surface area contributed by atoms with Crippen molar-refractivity contribution < 1.29 is 4.74 Å². The van der Waals surface area contributed by atoms with Crippen LogP contribution >= 0.6 is 0 Å². The van der Waals surface area contributed by atoms with Crippen LogP contribution in [0.4, 0.5) is 0 Å². The van der Waals surface area contributed by atoms with Gasteiger partial charge in [0.2, 0.25) is 0 Å². The first-order valence-electron chi connectivity index (χ1n) is 5.96. The van der Waals surface area contributed by atoms with Gasteiger partial charge >= 0.3 is 0 Å². The van der Waals surface area contributed by atoms with Gasteiger partial charge in [0.15, 0.2) is 0 Å². The van der Waals surface area contributed by atoms with Crippen LogP contribution in [0.15, 0.2) is 0 Å². The van der Waals surface area contributed by atoms with Crippen molar-refractivity contribution >= 4 is 0 Å². The van der Waals surface area contributed by atoms with E-state index in [1.165, 1.54) is 23.7 Å². The molecule has 0 spiro atoms. The van der Waals surface area contributed by atoms with Crippen LogP contribution in [0.1, 0.15) is 20.3 Å². The molecule has 0 heterocycles. The molecule has 6 unspecified atom stereocenters. The zero-order valence-electron chi connectivity index (χ0n) is 8.44. The molecule has 5 aliphatic carbocycles. The van der Waals surface area contributed by atoms with E-state index in [4.69, 9.17) is 4.74 Å². The van der Waals surface area contributed by atoms with Gasteiger partial charge in [-0.3, -0.25) is 0 Å². The van der Waals surface area contributed by atoms with Gasteiger partial charge in [0.05, 0.1) is 6.10 Å². The third kappa shape index (κ3) is 0.707. The molecular weight excluding hydrogens is 160 g/mol.